The number of amides is 1. The monoisotopic (exact) mass is 376 g/mol. The SMILES string of the molecule is Cc1ccc(-c2ccc3c(c2)C(NC(=O)O[C@@H]2CN4CCC2CC4)CC3)cc1. The Balaban J connectivity index is 1.28. The lowest BCUT2D eigenvalue weighted by atomic mass is 9.86. The molecule has 0 saturated carbocycles. The van der Waals surface area contributed by atoms with Crippen molar-refractivity contribution >= 4 is 6.09 Å². The molecule has 0 spiro atoms. The molecule has 1 amide bonds. The molecule has 3 saturated heterocycles. The quantitative estimate of drug-likeness (QED) is 0.859. The third kappa shape index (κ3) is 3.42. The first-order valence-electron chi connectivity index (χ1n) is 10.5. The molecular formula is C24H28N2O2. The van der Waals surface area contributed by atoms with Crippen LogP contribution in [0.3, 0.4) is 0 Å². The molecule has 146 valence electrons. The van der Waals surface area contributed by atoms with Crippen LogP contribution in [0.15, 0.2) is 42.5 Å². The summed E-state index contributed by atoms with van der Waals surface area (Å²) in [6, 6.07) is 15.3. The molecule has 4 aliphatic rings. The van der Waals surface area contributed by atoms with Gasteiger partial charge in [-0.25, -0.2) is 4.79 Å². The van der Waals surface area contributed by atoms with Crippen LogP contribution in [-0.4, -0.2) is 36.7 Å². The number of benzene rings is 2. The summed E-state index contributed by atoms with van der Waals surface area (Å²) in [6.45, 7) is 5.32. The van der Waals surface area contributed by atoms with E-state index in [4.69, 9.17) is 4.74 Å². The molecule has 3 heterocycles. The first-order chi connectivity index (χ1) is 13.7. The Morgan fingerprint density at radius 2 is 1.79 bits per heavy atom. The first kappa shape index (κ1) is 17.7. The lowest BCUT2D eigenvalue weighted by Gasteiger charge is -2.43. The van der Waals surface area contributed by atoms with Crippen LogP contribution in [0, 0.1) is 12.8 Å². The Morgan fingerprint density at radius 1 is 1.04 bits per heavy atom. The molecule has 2 aromatic carbocycles. The fraction of sp³-hybridized carbons (Fsp3) is 0.458. The van der Waals surface area contributed by atoms with Crippen LogP contribution >= 0.6 is 0 Å². The largest absolute Gasteiger partial charge is 0.445 e. The number of nitrogens with zero attached hydrogens (tertiary/aromatic N) is 1. The van der Waals surface area contributed by atoms with Crippen LogP contribution in [0.2, 0.25) is 0 Å². The third-order valence-electron chi connectivity index (χ3n) is 6.76. The fourth-order valence-corrected chi connectivity index (χ4v) is 5.04. The van der Waals surface area contributed by atoms with E-state index in [1.165, 1.54) is 27.8 Å². The lowest BCUT2D eigenvalue weighted by molar-refractivity contribution is -0.0339. The van der Waals surface area contributed by atoms with Crippen molar-refractivity contribution in [1.82, 2.24) is 10.2 Å². The highest BCUT2D eigenvalue weighted by molar-refractivity contribution is 5.70. The van der Waals surface area contributed by atoms with E-state index in [0.29, 0.717) is 5.92 Å². The molecule has 3 aliphatic heterocycles. The van der Waals surface area contributed by atoms with Gasteiger partial charge in [-0.15, -0.1) is 0 Å². The minimum atomic E-state index is -0.252. The molecule has 6 rings (SSSR count). The third-order valence-corrected chi connectivity index (χ3v) is 6.76. The standard InChI is InChI=1S/C24H28N2O2/c1-16-2-4-17(5-3-16)20-7-6-18-8-9-22(21(18)14-20)25-24(27)28-23-15-26-12-10-19(23)11-13-26/h2-7,14,19,22-23H,8-13,15H2,1H3,(H,25,27)/t22?,23-/m1/s1. The second kappa shape index (κ2) is 7.25. The van der Waals surface area contributed by atoms with Crippen LogP contribution in [0.5, 0.6) is 0 Å². The molecule has 3 fully saturated rings. The van der Waals surface area contributed by atoms with Crippen molar-refractivity contribution in [1.29, 1.82) is 0 Å². The molecular weight excluding hydrogens is 348 g/mol. The van der Waals surface area contributed by atoms with Crippen LogP contribution in [0.25, 0.3) is 11.1 Å². The summed E-state index contributed by atoms with van der Waals surface area (Å²) < 4.78 is 5.84. The van der Waals surface area contributed by atoms with Crippen molar-refractivity contribution in [2.45, 2.75) is 44.8 Å². The predicted molar refractivity (Wildman–Crippen MR) is 110 cm³/mol. The van der Waals surface area contributed by atoms with Crippen molar-refractivity contribution < 1.29 is 9.53 Å². The Kier molecular flexibility index (Phi) is 4.59. The van der Waals surface area contributed by atoms with E-state index < -0.39 is 0 Å². The molecule has 1 unspecified atom stereocenters. The lowest BCUT2D eigenvalue weighted by Crippen LogP contribution is -2.52. The number of hydrogen-bond acceptors (Lipinski definition) is 3. The summed E-state index contributed by atoms with van der Waals surface area (Å²) in [4.78, 5) is 15.0. The summed E-state index contributed by atoms with van der Waals surface area (Å²) in [5.41, 5.74) is 6.26. The zero-order chi connectivity index (χ0) is 19.1. The number of nitrogens with one attached hydrogen (secondary N) is 1. The van der Waals surface area contributed by atoms with E-state index in [9.17, 15) is 4.79 Å². The van der Waals surface area contributed by atoms with E-state index in [2.05, 4.69) is 59.6 Å². The van der Waals surface area contributed by atoms with Gasteiger partial charge < -0.3 is 10.1 Å². The number of rotatable bonds is 3. The molecule has 0 aromatic heterocycles. The molecule has 2 bridgehead atoms. The summed E-state index contributed by atoms with van der Waals surface area (Å²) in [7, 11) is 0. The van der Waals surface area contributed by atoms with Gasteiger partial charge in [-0.2, -0.15) is 0 Å². The van der Waals surface area contributed by atoms with Crippen LogP contribution in [0.1, 0.15) is 42.0 Å². The highest BCUT2D eigenvalue weighted by atomic mass is 16.6. The van der Waals surface area contributed by atoms with Crippen molar-refractivity contribution in [2.24, 2.45) is 5.92 Å². The van der Waals surface area contributed by atoms with E-state index in [0.717, 1.165) is 45.3 Å². The Labute approximate surface area is 166 Å². The van der Waals surface area contributed by atoms with Crippen molar-refractivity contribution in [3.8, 4) is 11.1 Å². The minimum absolute atomic E-state index is 0.0500. The number of aryl methyl sites for hydroxylation is 2. The van der Waals surface area contributed by atoms with Crippen LogP contribution in [0.4, 0.5) is 4.79 Å². The Morgan fingerprint density at radius 3 is 2.50 bits per heavy atom. The van der Waals surface area contributed by atoms with Crippen LogP contribution in [-0.2, 0) is 11.2 Å². The number of hydrogen-bond donors (Lipinski definition) is 1. The molecule has 28 heavy (non-hydrogen) atoms. The highest BCUT2D eigenvalue weighted by Crippen LogP contribution is 2.35. The maximum absolute atomic E-state index is 12.6. The van der Waals surface area contributed by atoms with Gasteiger partial charge in [-0.05, 0) is 79.9 Å². The second-order valence-corrected chi connectivity index (χ2v) is 8.60. The van der Waals surface area contributed by atoms with E-state index in [-0.39, 0.29) is 18.2 Å². The van der Waals surface area contributed by atoms with E-state index in [1.807, 2.05) is 0 Å². The van der Waals surface area contributed by atoms with Gasteiger partial charge >= 0.3 is 6.09 Å². The van der Waals surface area contributed by atoms with Crippen LogP contribution < -0.4 is 5.32 Å². The van der Waals surface area contributed by atoms with Gasteiger partial charge in [-0.1, -0.05) is 42.0 Å². The smallest absolute Gasteiger partial charge is 0.407 e. The predicted octanol–water partition coefficient (Wildman–Crippen LogP) is 4.47. The Hall–Kier alpha value is -2.33. The first-order valence-corrected chi connectivity index (χ1v) is 10.5. The summed E-state index contributed by atoms with van der Waals surface area (Å²) >= 11 is 0. The average Bonchev–Trinajstić information content (AvgIpc) is 3.11. The Bertz CT molecular complexity index is 869. The number of piperidine rings is 3. The number of fused-ring (bicyclic) bond motifs is 4. The topological polar surface area (TPSA) is 41.6 Å². The van der Waals surface area contributed by atoms with Gasteiger partial charge in [0.1, 0.15) is 6.10 Å². The van der Waals surface area contributed by atoms with Crippen molar-refractivity contribution in [3.63, 3.8) is 0 Å². The van der Waals surface area contributed by atoms with E-state index >= 15 is 0 Å². The number of carbonyl (C=O) groups excluding carboxylic acids is 1. The molecule has 0 radical (unpaired) electrons. The molecule has 4 nitrogen and oxygen atoms in total. The van der Waals surface area contributed by atoms with E-state index in [1.54, 1.807) is 0 Å². The zero-order valence-corrected chi connectivity index (χ0v) is 16.5. The molecule has 2 atom stereocenters. The maximum Gasteiger partial charge on any atom is 0.407 e. The zero-order valence-electron chi connectivity index (χ0n) is 16.5. The van der Waals surface area contributed by atoms with Gasteiger partial charge in [-0.3, -0.25) is 4.90 Å². The van der Waals surface area contributed by atoms with Crippen molar-refractivity contribution in [3.05, 3.63) is 59.2 Å². The summed E-state index contributed by atoms with van der Waals surface area (Å²) in [5.74, 6) is 0.541. The van der Waals surface area contributed by atoms with Gasteiger partial charge in [0.05, 0.1) is 6.04 Å². The fourth-order valence-electron chi connectivity index (χ4n) is 5.04. The van der Waals surface area contributed by atoms with Gasteiger partial charge in [0.25, 0.3) is 0 Å². The molecule has 1 N–H and O–H groups in total. The van der Waals surface area contributed by atoms with Gasteiger partial charge in [0, 0.05) is 6.54 Å². The average molecular weight is 377 g/mol. The normalized spacial score (nSPS) is 28.0. The number of ether oxygens (including phenoxy) is 1. The summed E-state index contributed by atoms with van der Waals surface area (Å²) in [5, 5.41) is 3.15. The number of alkyl carbamates (subject to hydrolysis) is 1. The molecule has 1 aliphatic carbocycles. The van der Waals surface area contributed by atoms with Crippen molar-refractivity contribution in [2.75, 3.05) is 19.6 Å². The maximum atomic E-state index is 12.6. The highest BCUT2D eigenvalue weighted by Gasteiger charge is 2.37. The minimum Gasteiger partial charge on any atom is -0.445 e. The van der Waals surface area contributed by atoms with Gasteiger partial charge in [0.2, 0.25) is 0 Å². The molecule has 2 aromatic rings. The second-order valence-electron chi connectivity index (χ2n) is 8.60. The van der Waals surface area contributed by atoms with Gasteiger partial charge in [0.15, 0.2) is 0 Å². The summed E-state index contributed by atoms with van der Waals surface area (Å²) in [6.07, 6.45) is 4.07. The molecule has 4 heteroatoms. The number of carbonyl (C=O) groups is 1.